The lowest BCUT2D eigenvalue weighted by Gasteiger charge is -2.12. The van der Waals surface area contributed by atoms with E-state index in [1.807, 2.05) is 6.92 Å². The van der Waals surface area contributed by atoms with Gasteiger partial charge in [0, 0.05) is 18.3 Å². The highest BCUT2D eigenvalue weighted by molar-refractivity contribution is 5.33. The Morgan fingerprint density at radius 1 is 1.37 bits per heavy atom. The Morgan fingerprint density at radius 3 is 2.79 bits per heavy atom. The maximum atomic E-state index is 13.9. The van der Waals surface area contributed by atoms with Gasteiger partial charge >= 0.3 is 0 Å². The Kier molecular flexibility index (Phi) is 3.95. The smallest absolute Gasteiger partial charge is 0.135 e. The van der Waals surface area contributed by atoms with Gasteiger partial charge in [0.05, 0.1) is 11.8 Å². The Hall–Kier alpha value is -1.75. The van der Waals surface area contributed by atoms with Gasteiger partial charge in [0.1, 0.15) is 17.7 Å². The van der Waals surface area contributed by atoms with E-state index in [0.717, 1.165) is 12.5 Å². The number of aliphatic hydroxyl groups excluding tert-OH is 1. The standard InChI is InChI=1S/C14H16F2N2O/c1-3-6-18-8-10(7-17-18)14(19)12-11(15)5-4-9(2)13(12)16/h4-5,7-8,14,19H,3,6H2,1-2H3. The summed E-state index contributed by atoms with van der Waals surface area (Å²) in [6.07, 6.45) is 2.59. The number of hydrogen-bond acceptors (Lipinski definition) is 2. The lowest BCUT2D eigenvalue weighted by Crippen LogP contribution is -2.06. The molecule has 0 spiro atoms. The van der Waals surface area contributed by atoms with Gasteiger partial charge < -0.3 is 5.11 Å². The van der Waals surface area contributed by atoms with Gasteiger partial charge in [-0.05, 0) is 25.0 Å². The fraction of sp³-hybridized carbons (Fsp3) is 0.357. The van der Waals surface area contributed by atoms with Crippen LogP contribution in [0.25, 0.3) is 0 Å². The van der Waals surface area contributed by atoms with Crippen molar-refractivity contribution in [2.75, 3.05) is 0 Å². The van der Waals surface area contributed by atoms with Crippen molar-refractivity contribution in [2.24, 2.45) is 0 Å². The van der Waals surface area contributed by atoms with Crippen molar-refractivity contribution in [3.63, 3.8) is 0 Å². The monoisotopic (exact) mass is 266 g/mol. The molecule has 1 unspecified atom stereocenters. The number of benzene rings is 1. The zero-order valence-corrected chi connectivity index (χ0v) is 10.9. The van der Waals surface area contributed by atoms with E-state index in [9.17, 15) is 13.9 Å². The molecule has 1 aromatic carbocycles. The van der Waals surface area contributed by atoms with Crippen LogP contribution in [0.5, 0.6) is 0 Å². The topological polar surface area (TPSA) is 38.0 Å². The first-order chi connectivity index (χ1) is 9.04. The fourth-order valence-corrected chi connectivity index (χ4v) is 1.97. The zero-order valence-electron chi connectivity index (χ0n) is 10.9. The van der Waals surface area contributed by atoms with Crippen molar-refractivity contribution in [3.05, 3.63) is 52.9 Å². The van der Waals surface area contributed by atoms with Crippen LogP contribution in [0.2, 0.25) is 0 Å². The lowest BCUT2D eigenvalue weighted by molar-refractivity contribution is 0.208. The van der Waals surface area contributed by atoms with Crippen molar-refractivity contribution in [1.82, 2.24) is 9.78 Å². The molecule has 0 bridgehead atoms. The van der Waals surface area contributed by atoms with Crippen LogP contribution in [0, 0.1) is 18.6 Å². The van der Waals surface area contributed by atoms with Crippen molar-refractivity contribution in [1.29, 1.82) is 0 Å². The molecular formula is C14H16F2N2O. The lowest BCUT2D eigenvalue weighted by atomic mass is 10.0. The average molecular weight is 266 g/mol. The second kappa shape index (κ2) is 5.48. The third-order valence-electron chi connectivity index (χ3n) is 3.01. The van der Waals surface area contributed by atoms with Crippen LogP contribution in [0.3, 0.4) is 0 Å². The zero-order chi connectivity index (χ0) is 14.0. The minimum absolute atomic E-state index is 0.302. The molecule has 0 amide bonds. The molecule has 2 aromatic rings. The van der Waals surface area contributed by atoms with E-state index < -0.39 is 17.7 Å². The number of aryl methyl sites for hydroxylation is 2. The van der Waals surface area contributed by atoms with Crippen molar-refractivity contribution in [2.45, 2.75) is 32.9 Å². The molecule has 1 atom stereocenters. The third kappa shape index (κ3) is 2.66. The fourth-order valence-electron chi connectivity index (χ4n) is 1.97. The predicted octanol–water partition coefficient (Wildman–Crippen LogP) is 2.96. The quantitative estimate of drug-likeness (QED) is 0.924. The highest BCUT2D eigenvalue weighted by Gasteiger charge is 2.22. The summed E-state index contributed by atoms with van der Waals surface area (Å²) in [5.41, 5.74) is 0.365. The normalized spacial score (nSPS) is 12.7. The summed E-state index contributed by atoms with van der Waals surface area (Å²) in [7, 11) is 0. The molecule has 0 radical (unpaired) electrons. The second-order valence-electron chi connectivity index (χ2n) is 4.53. The number of aromatic nitrogens is 2. The van der Waals surface area contributed by atoms with Gasteiger partial charge in [0.25, 0.3) is 0 Å². The van der Waals surface area contributed by atoms with Crippen molar-refractivity contribution < 1.29 is 13.9 Å². The number of hydrogen-bond donors (Lipinski definition) is 1. The highest BCUT2D eigenvalue weighted by atomic mass is 19.1. The SMILES string of the molecule is CCCn1cc(C(O)c2c(F)ccc(C)c2F)cn1. The van der Waals surface area contributed by atoms with Crippen LogP contribution in [0.15, 0.2) is 24.5 Å². The molecular weight excluding hydrogens is 250 g/mol. The molecule has 2 rings (SSSR count). The molecule has 3 nitrogen and oxygen atoms in total. The van der Waals surface area contributed by atoms with Gasteiger partial charge in [-0.2, -0.15) is 5.10 Å². The van der Waals surface area contributed by atoms with Crippen LogP contribution in [-0.4, -0.2) is 14.9 Å². The molecule has 102 valence electrons. The summed E-state index contributed by atoms with van der Waals surface area (Å²) in [5, 5.41) is 14.2. The van der Waals surface area contributed by atoms with Crippen molar-refractivity contribution in [3.8, 4) is 0 Å². The van der Waals surface area contributed by atoms with Crippen LogP contribution < -0.4 is 0 Å². The molecule has 0 fully saturated rings. The summed E-state index contributed by atoms with van der Waals surface area (Å²) in [6.45, 7) is 4.23. The molecule has 0 saturated heterocycles. The van der Waals surface area contributed by atoms with Gasteiger partial charge in [-0.1, -0.05) is 13.0 Å². The van der Waals surface area contributed by atoms with Gasteiger partial charge in [-0.3, -0.25) is 4.68 Å². The average Bonchev–Trinajstić information content (AvgIpc) is 2.83. The molecule has 1 heterocycles. The van der Waals surface area contributed by atoms with Gasteiger partial charge in [-0.15, -0.1) is 0 Å². The number of halogens is 2. The summed E-state index contributed by atoms with van der Waals surface area (Å²) < 4.78 is 29.3. The molecule has 0 aliphatic carbocycles. The minimum Gasteiger partial charge on any atom is -0.383 e. The highest BCUT2D eigenvalue weighted by Crippen LogP contribution is 2.28. The third-order valence-corrected chi connectivity index (χ3v) is 3.01. The first kappa shape index (κ1) is 13.7. The van der Waals surface area contributed by atoms with E-state index in [2.05, 4.69) is 5.10 Å². The molecule has 1 aromatic heterocycles. The first-order valence-corrected chi connectivity index (χ1v) is 6.19. The van der Waals surface area contributed by atoms with Crippen molar-refractivity contribution >= 4 is 0 Å². The number of rotatable bonds is 4. The van der Waals surface area contributed by atoms with Gasteiger partial charge in [0.15, 0.2) is 0 Å². The Balaban J connectivity index is 2.38. The van der Waals surface area contributed by atoms with Crippen LogP contribution in [-0.2, 0) is 6.54 Å². The summed E-state index contributed by atoms with van der Waals surface area (Å²) in [4.78, 5) is 0. The van der Waals surface area contributed by atoms with Gasteiger partial charge in [-0.25, -0.2) is 8.78 Å². The van der Waals surface area contributed by atoms with E-state index >= 15 is 0 Å². The van der Waals surface area contributed by atoms with E-state index in [-0.39, 0.29) is 5.56 Å². The van der Waals surface area contributed by atoms with Gasteiger partial charge in [0.2, 0.25) is 0 Å². The van der Waals surface area contributed by atoms with E-state index in [1.165, 1.54) is 19.2 Å². The first-order valence-electron chi connectivity index (χ1n) is 6.19. The molecule has 0 saturated carbocycles. The Labute approximate surface area is 110 Å². The van der Waals surface area contributed by atoms with E-state index in [1.54, 1.807) is 10.9 Å². The second-order valence-corrected chi connectivity index (χ2v) is 4.53. The summed E-state index contributed by atoms with van der Waals surface area (Å²) in [5.74, 6) is -1.46. The summed E-state index contributed by atoms with van der Waals surface area (Å²) in [6, 6.07) is 2.51. The maximum absolute atomic E-state index is 13.9. The largest absolute Gasteiger partial charge is 0.383 e. The van der Waals surface area contributed by atoms with E-state index in [0.29, 0.717) is 17.7 Å². The number of aliphatic hydroxyl groups is 1. The summed E-state index contributed by atoms with van der Waals surface area (Å²) >= 11 is 0. The van der Waals surface area contributed by atoms with Crippen LogP contribution in [0.1, 0.15) is 36.1 Å². The Bertz CT molecular complexity index is 581. The molecule has 5 heteroatoms. The number of nitrogens with zero attached hydrogens (tertiary/aromatic N) is 2. The minimum atomic E-state index is -1.34. The molecule has 0 aliphatic rings. The molecule has 1 N–H and O–H groups in total. The Morgan fingerprint density at radius 2 is 2.11 bits per heavy atom. The molecule has 19 heavy (non-hydrogen) atoms. The van der Waals surface area contributed by atoms with Crippen LogP contribution in [0.4, 0.5) is 8.78 Å². The molecule has 0 aliphatic heterocycles. The predicted molar refractivity (Wildman–Crippen MR) is 67.7 cm³/mol. The maximum Gasteiger partial charge on any atom is 0.135 e. The van der Waals surface area contributed by atoms with E-state index in [4.69, 9.17) is 0 Å². The van der Waals surface area contributed by atoms with Crippen LogP contribution >= 0.6 is 0 Å².